The molecule has 34 heavy (non-hydrogen) atoms. The van der Waals surface area contributed by atoms with E-state index in [0.29, 0.717) is 23.7 Å². The average molecular weight is 470 g/mol. The molecule has 9 atom stereocenters. The molecule has 190 valence electrons. The van der Waals surface area contributed by atoms with Crippen molar-refractivity contribution in [2.24, 2.45) is 61.3 Å². The molecule has 1 heterocycles. The highest BCUT2D eigenvalue weighted by atomic mass is 16.6. The number of hydrogen-bond acceptors (Lipinski definition) is 4. The van der Waals surface area contributed by atoms with Gasteiger partial charge in [0.15, 0.2) is 0 Å². The fourth-order valence-corrected chi connectivity index (χ4v) is 11.8. The summed E-state index contributed by atoms with van der Waals surface area (Å²) >= 11 is 0. The molecule has 0 radical (unpaired) electrons. The van der Waals surface area contributed by atoms with Crippen molar-refractivity contribution < 1.29 is 14.7 Å². The van der Waals surface area contributed by atoms with E-state index in [1.165, 1.54) is 32.1 Å². The monoisotopic (exact) mass is 469 g/mol. The third kappa shape index (κ3) is 2.43. The molecule has 0 unspecified atom stereocenters. The molecule has 0 amide bonds. The van der Waals surface area contributed by atoms with Crippen molar-refractivity contribution in [3.8, 4) is 0 Å². The third-order valence-corrected chi connectivity index (χ3v) is 14.0. The zero-order valence-electron chi connectivity index (χ0n) is 22.7. The van der Waals surface area contributed by atoms with Crippen LogP contribution in [0, 0.1) is 56.2 Å². The van der Waals surface area contributed by atoms with E-state index >= 15 is 0 Å². The number of nitrogens with zero attached hydrogens (tertiary/aromatic N) is 1. The summed E-state index contributed by atoms with van der Waals surface area (Å²) in [6.07, 6.45) is 11.5. The number of esters is 1. The standard InChI is InChI=1S/C30H47NO3/c1-25(2)14-16-30-17-15-28(6)18(22(30)23(25)34-24(30)32)8-9-20-27(5)12-11-21(31-33)26(3,4)19(27)10-13-29(20,28)7/h18-20,22-23,33H,8-17H2,1-7H3/b31-21+/t18-,19-,20-,22-,23+,27-,28+,29+,30-/m0/s1. The second-order valence-corrected chi connectivity index (χ2v) is 15.4. The first-order valence-corrected chi connectivity index (χ1v) is 14.2. The smallest absolute Gasteiger partial charge is 0.312 e. The Morgan fingerprint density at radius 2 is 1.53 bits per heavy atom. The molecule has 0 aromatic carbocycles. The van der Waals surface area contributed by atoms with Gasteiger partial charge >= 0.3 is 5.97 Å². The van der Waals surface area contributed by atoms with Gasteiger partial charge in [0.2, 0.25) is 0 Å². The van der Waals surface area contributed by atoms with E-state index in [-0.39, 0.29) is 44.6 Å². The minimum atomic E-state index is -0.200. The first-order chi connectivity index (χ1) is 15.8. The van der Waals surface area contributed by atoms with Crippen LogP contribution in [0.2, 0.25) is 0 Å². The average Bonchev–Trinajstić information content (AvgIpc) is 3.01. The topological polar surface area (TPSA) is 58.9 Å². The highest BCUT2D eigenvalue weighted by Gasteiger charge is 2.75. The second kappa shape index (κ2) is 6.62. The van der Waals surface area contributed by atoms with Crippen molar-refractivity contribution in [3.63, 3.8) is 0 Å². The molecule has 0 aromatic heterocycles. The molecule has 1 saturated heterocycles. The van der Waals surface area contributed by atoms with E-state index in [2.05, 4.69) is 53.6 Å². The van der Waals surface area contributed by atoms with Crippen LogP contribution in [0.1, 0.15) is 113 Å². The molecule has 6 aliphatic rings. The summed E-state index contributed by atoms with van der Waals surface area (Å²) in [5, 5.41) is 13.5. The number of oxime groups is 1. The van der Waals surface area contributed by atoms with Crippen LogP contribution in [-0.4, -0.2) is 23.0 Å². The molecule has 1 aliphatic heterocycles. The van der Waals surface area contributed by atoms with E-state index in [0.717, 1.165) is 37.8 Å². The molecule has 4 heteroatoms. The van der Waals surface area contributed by atoms with Gasteiger partial charge in [0.05, 0.1) is 11.1 Å². The Bertz CT molecular complexity index is 953. The summed E-state index contributed by atoms with van der Waals surface area (Å²) in [4.78, 5) is 13.4. The fourth-order valence-electron chi connectivity index (χ4n) is 11.8. The van der Waals surface area contributed by atoms with Gasteiger partial charge in [-0.3, -0.25) is 4.79 Å². The van der Waals surface area contributed by atoms with Gasteiger partial charge in [0, 0.05) is 16.7 Å². The van der Waals surface area contributed by atoms with E-state index in [4.69, 9.17) is 4.74 Å². The summed E-state index contributed by atoms with van der Waals surface area (Å²) < 4.78 is 6.28. The molecule has 4 nitrogen and oxygen atoms in total. The zero-order valence-corrected chi connectivity index (χ0v) is 22.7. The van der Waals surface area contributed by atoms with Crippen molar-refractivity contribution in [3.05, 3.63) is 0 Å². The Morgan fingerprint density at radius 3 is 2.24 bits per heavy atom. The predicted molar refractivity (Wildman–Crippen MR) is 134 cm³/mol. The number of fused-ring (bicyclic) bond motifs is 5. The first-order valence-electron chi connectivity index (χ1n) is 14.2. The summed E-state index contributed by atoms with van der Waals surface area (Å²) in [7, 11) is 0. The quantitative estimate of drug-likeness (QED) is 0.231. The maximum absolute atomic E-state index is 13.4. The summed E-state index contributed by atoms with van der Waals surface area (Å²) in [6.45, 7) is 17.2. The van der Waals surface area contributed by atoms with Crippen molar-refractivity contribution in [2.75, 3.05) is 0 Å². The first kappa shape index (κ1) is 23.3. The van der Waals surface area contributed by atoms with Crippen LogP contribution in [0.3, 0.4) is 0 Å². The van der Waals surface area contributed by atoms with E-state index in [1.807, 2.05) is 0 Å². The van der Waals surface area contributed by atoms with Gasteiger partial charge in [-0.15, -0.1) is 0 Å². The minimum Gasteiger partial charge on any atom is -0.461 e. The van der Waals surface area contributed by atoms with E-state index in [9.17, 15) is 10.0 Å². The molecule has 5 saturated carbocycles. The number of carbonyl (C=O) groups excluding carboxylic acids is 1. The Kier molecular flexibility index (Phi) is 4.55. The Morgan fingerprint density at radius 1 is 0.824 bits per heavy atom. The van der Waals surface area contributed by atoms with Crippen LogP contribution in [-0.2, 0) is 9.53 Å². The Balaban J connectivity index is 1.41. The lowest BCUT2D eigenvalue weighted by Crippen LogP contribution is -2.67. The molecule has 5 aliphatic carbocycles. The largest absolute Gasteiger partial charge is 0.461 e. The lowest BCUT2D eigenvalue weighted by Gasteiger charge is -2.72. The molecule has 2 bridgehead atoms. The van der Waals surface area contributed by atoms with E-state index in [1.54, 1.807) is 0 Å². The lowest BCUT2D eigenvalue weighted by molar-refractivity contribution is -0.235. The van der Waals surface area contributed by atoms with Gasteiger partial charge < -0.3 is 9.94 Å². The van der Waals surface area contributed by atoms with Crippen LogP contribution in [0.4, 0.5) is 0 Å². The molecule has 1 N–H and O–H groups in total. The fraction of sp³-hybridized carbons (Fsp3) is 0.933. The van der Waals surface area contributed by atoms with Crippen LogP contribution in [0.5, 0.6) is 0 Å². The summed E-state index contributed by atoms with van der Waals surface area (Å²) in [6, 6.07) is 0. The van der Waals surface area contributed by atoms with Crippen LogP contribution in [0.25, 0.3) is 0 Å². The SMILES string of the molecule is CC1(C)CC[C@]23CC[C@]4(C)[C@@H](CC[C@H]5[C@@]6(C)CC/C(=N\O)C(C)(C)[C@@H]6CC[C@]54C)[C@H]2[C@H]1OC3=O. The van der Waals surface area contributed by atoms with Gasteiger partial charge in [-0.05, 0) is 98.2 Å². The van der Waals surface area contributed by atoms with Crippen molar-refractivity contribution >= 4 is 11.7 Å². The number of hydrogen-bond donors (Lipinski definition) is 1. The number of rotatable bonds is 0. The Hall–Kier alpha value is -1.06. The molecular formula is C30H47NO3. The van der Waals surface area contributed by atoms with Gasteiger partial charge in [-0.25, -0.2) is 0 Å². The van der Waals surface area contributed by atoms with Gasteiger partial charge in [-0.2, -0.15) is 0 Å². The molecule has 0 aromatic rings. The highest BCUT2D eigenvalue weighted by molar-refractivity contribution is 5.90. The van der Waals surface area contributed by atoms with Crippen molar-refractivity contribution in [2.45, 2.75) is 119 Å². The van der Waals surface area contributed by atoms with Gasteiger partial charge in [0.1, 0.15) is 6.10 Å². The van der Waals surface area contributed by atoms with Gasteiger partial charge in [0.25, 0.3) is 0 Å². The molecule has 6 rings (SSSR count). The molecular weight excluding hydrogens is 422 g/mol. The number of carbonyl (C=O) groups is 1. The third-order valence-electron chi connectivity index (χ3n) is 14.0. The normalized spacial score (nSPS) is 56.0. The second-order valence-electron chi connectivity index (χ2n) is 15.4. The van der Waals surface area contributed by atoms with Crippen molar-refractivity contribution in [1.29, 1.82) is 0 Å². The predicted octanol–water partition coefficient (Wildman–Crippen LogP) is 7.23. The van der Waals surface area contributed by atoms with Crippen LogP contribution in [0.15, 0.2) is 5.16 Å². The lowest BCUT2D eigenvalue weighted by atomic mass is 9.31. The van der Waals surface area contributed by atoms with Crippen LogP contribution < -0.4 is 0 Å². The van der Waals surface area contributed by atoms with Gasteiger partial charge in [-0.1, -0.05) is 53.6 Å². The highest BCUT2D eigenvalue weighted by Crippen LogP contribution is 2.78. The molecule has 6 fully saturated rings. The van der Waals surface area contributed by atoms with E-state index < -0.39 is 0 Å². The zero-order chi connectivity index (χ0) is 24.5. The van der Waals surface area contributed by atoms with Crippen molar-refractivity contribution in [1.82, 2.24) is 0 Å². The Labute approximate surface area is 206 Å². The minimum absolute atomic E-state index is 0.0375. The van der Waals surface area contributed by atoms with Crippen LogP contribution >= 0.6 is 0 Å². The molecule has 0 spiro atoms. The maximum atomic E-state index is 13.4. The summed E-state index contributed by atoms with van der Waals surface area (Å²) in [5.74, 6) is 2.40. The number of ether oxygens (including phenoxy) is 1. The summed E-state index contributed by atoms with van der Waals surface area (Å²) in [5.41, 5.74) is 1.69. The maximum Gasteiger partial charge on any atom is 0.312 e.